The van der Waals surface area contributed by atoms with E-state index in [0.717, 1.165) is 0 Å². The molecular formula is C11H15N3O3S. The first-order valence-electron chi connectivity index (χ1n) is 5.69. The fraction of sp³-hybridized carbons (Fsp3) is 0.455. The van der Waals surface area contributed by atoms with E-state index in [1.165, 1.54) is 12.4 Å². The second-order valence-electron chi connectivity index (χ2n) is 4.36. The third kappa shape index (κ3) is 2.98. The number of amides is 1. The molecule has 2 heterocycles. The summed E-state index contributed by atoms with van der Waals surface area (Å²) >= 11 is 0. The van der Waals surface area contributed by atoms with Crippen molar-refractivity contribution in [1.82, 2.24) is 10.3 Å². The van der Waals surface area contributed by atoms with Crippen molar-refractivity contribution in [1.29, 1.82) is 0 Å². The molecule has 7 heteroatoms. The molecule has 1 aliphatic rings. The lowest BCUT2D eigenvalue weighted by molar-refractivity contribution is 0.0935. The Hall–Kier alpha value is -1.63. The maximum absolute atomic E-state index is 11.9. The number of hydrogen-bond acceptors (Lipinski definition) is 5. The van der Waals surface area contributed by atoms with E-state index >= 15 is 0 Å². The molecule has 1 amide bonds. The Balaban J connectivity index is 1.99. The smallest absolute Gasteiger partial charge is 0.253 e. The average molecular weight is 269 g/mol. The van der Waals surface area contributed by atoms with E-state index in [4.69, 9.17) is 5.73 Å². The molecule has 1 saturated heterocycles. The minimum absolute atomic E-state index is 0.103. The van der Waals surface area contributed by atoms with Crippen molar-refractivity contribution in [2.75, 3.05) is 17.2 Å². The summed E-state index contributed by atoms with van der Waals surface area (Å²) in [4.78, 5) is 15.7. The summed E-state index contributed by atoms with van der Waals surface area (Å²) in [6.07, 6.45) is 3.83. The molecule has 0 saturated carbocycles. The van der Waals surface area contributed by atoms with Gasteiger partial charge in [-0.3, -0.25) is 9.78 Å². The van der Waals surface area contributed by atoms with E-state index in [-0.39, 0.29) is 23.5 Å². The van der Waals surface area contributed by atoms with Crippen LogP contribution in [0.15, 0.2) is 18.5 Å². The molecule has 0 bridgehead atoms. The predicted molar refractivity (Wildman–Crippen MR) is 67.8 cm³/mol. The molecule has 0 aliphatic carbocycles. The van der Waals surface area contributed by atoms with Crippen molar-refractivity contribution in [3.05, 3.63) is 24.0 Å². The lowest BCUT2D eigenvalue weighted by atomic mass is 10.1. The molecule has 0 radical (unpaired) electrons. The molecule has 1 fully saturated rings. The lowest BCUT2D eigenvalue weighted by Gasteiger charge is -2.23. The van der Waals surface area contributed by atoms with Crippen LogP contribution in [0.5, 0.6) is 0 Å². The maximum Gasteiger partial charge on any atom is 0.253 e. The molecule has 6 nitrogen and oxygen atoms in total. The van der Waals surface area contributed by atoms with Gasteiger partial charge in [-0.05, 0) is 18.9 Å². The lowest BCUT2D eigenvalue weighted by Crippen LogP contribution is -2.41. The van der Waals surface area contributed by atoms with Crippen LogP contribution >= 0.6 is 0 Å². The van der Waals surface area contributed by atoms with Gasteiger partial charge in [-0.1, -0.05) is 0 Å². The van der Waals surface area contributed by atoms with Crippen LogP contribution in [-0.4, -0.2) is 36.9 Å². The van der Waals surface area contributed by atoms with Crippen LogP contribution in [0.1, 0.15) is 23.2 Å². The van der Waals surface area contributed by atoms with Gasteiger partial charge in [-0.15, -0.1) is 0 Å². The zero-order valence-corrected chi connectivity index (χ0v) is 10.6. The van der Waals surface area contributed by atoms with E-state index in [2.05, 4.69) is 10.3 Å². The number of nitrogens with one attached hydrogen (secondary N) is 1. The van der Waals surface area contributed by atoms with Crippen molar-refractivity contribution < 1.29 is 13.2 Å². The zero-order valence-electron chi connectivity index (χ0n) is 9.80. The van der Waals surface area contributed by atoms with Gasteiger partial charge in [0.2, 0.25) is 0 Å². The quantitative estimate of drug-likeness (QED) is 0.785. The van der Waals surface area contributed by atoms with Gasteiger partial charge in [0.25, 0.3) is 5.91 Å². The monoisotopic (exact) mass is 269 g/mol. The Labute approximate surface area is 106 Å². The molecule has 1 aromatic heterocycles. The van der Waals surface area contributed by atoms with Gasteiger partial charge < -0.3 is 11.1 Å². The first-order chi connectivity index (χ1) is 8.48. The van der Waals surface area contributed by atoms with Gasteiger partial charge in [0.15, 0.2) is 0 Å². The van der Waals surface area contributed by atoms with Crippen molar-refractivity contribution in [3.8, 4) is 0 Å². The first-order valence-corrected chi connectivity index (χ1v) is 7.51. The number of nitrogens with zero attached hydrogens (tertiary/aromatic N) is 1. The van der Waals surface area contributed by atoms with Gasteiger partial charge in [0.1, 0.15) is 9.84 Å². The van der Waals surface area contributed by atoms with Crippen LogP contribution in [-0.2, 0) is 9.84 Å². The Morgan fingerprint density at radius 1 is 1.39 bits per heavy atom. The minimum atomic E-state index is -2.91. The molecule has 0 aromatic carbocycles. The zero-order chi connectivity index (χ0) is 13.2. The third-order valence-electron chi connectivity index (χ3n) is 2.99. The van der Waals surface area contributed by atoms with Crippen molar-refractivity contribution >= 4 is 21.4 Å². The molecule has 98 valence electrons. The molecular weight excluding hydrogens is 254 g/mol. The van der Waals surface area contributed by atoms with Crippen molar-refractivity contribution in [2.24, 2.45) is 0 Å². The van der Waals surface area contributed by atoms with E-state index in [1.54, 1.807) is 6.07 Å². The highest BCUT2D eigenvalue weighted by atomic mass is 32.2. The molecule has 0 unspecified atom stereocenters. The minimum Gasteiger partial charge on any atom is -0.397 e. The normalized spacial score (nSPS) is 19.3. The summed E-state index contributed by atoms with van der Waals surface area (Å²) in [5, 5.41) is 2.80. The first kappa shape index (κ1) is 12.8. The Morgan fingerprint density at radius 3 is 2.67 bits per heavy atom. The highest BCUT2D eigenvalue weighted by Crippen LogP contribution is 2.14. The number of nitrogens with two attached hydrogens (primary N) is 1. The number of pyridine rings is 1. The second-order valence-corrected chi connectivity index (χ2v) is 6.67. The second kappa shape index (κ2) is 4.93. The van der Waals surface area contributed by atoms with Gasteiger partial charge in [-0.25, -0.2) is 8.42 Å². The number of nitrogen functional groups attached to an aromatic ring is 1. The fourth-order valence-corrected chi connectivity index (χ4v) is 3.40. The summed E-state index contributed by atoms with van der Waals surface area (Å²) < 4.78 is 22.5. The number of rotatable bonds is 2. The van der Waals surface area contributed by atoms with Gasteiger partial charge in [-0.2, -0.15) is 0 Å². The highest BCUT2D eigenvalue weighted by Gasteiger charge is 2.25. The van der Waals surface area contributed by atoms with Gasteiger partial charge in [0, 0.05) is 12.2 Å². The summed E-state index contributed by atoms with van der Waals surface area (Å²) in [6.45, 7) is 0. The van der Waals surface area contributed by atoms with Crippen LogP contribution < -0.4 is 11.1 Å². The molecule has 18 heavy (non-hydrogen) atoms. The summed E-state index contributed by atoms with van der Waals surface area (Å²) in [7, 11) is -2.91. The average Bonchev–Trinajstić information content (AvgIpc) is 2.32. The Bertz CT molecular complexity index is 542. The van der Waals surface area contributed by atoms with Crippen LogP contribution in [0.3, 0.4) is 0 Å². The molecule has 3 N–H and O–H groups in total. The molecule has 1 aliphatic heterocycles. The number of aromatic nitrogens is 1. The molecule has 0 spiro atoms. The highest BCUT2D eigenvalue weighted by molar-refractivity contribution is 7.91. The topological polar surface area (TPSA) is 102 Å². The number of hydrogen-bond donors (Lipinski definition) is 2. The van der Waals surface area contributed by atoms with Crippen LogP contribution in [0, 0.1) is 0 Å². The summed E-state index contributed by atoms with van der Waals surface area (Å²) in [6, 6.07) is 1.44. The van der Waals surface area contributed by atoms with Crippen LogP contribution in [0.2, 0.25) is 0 Å². The maximum atomic E-state index is 11.9. The van der Waals surface area contributed by atoms with Crippen LogP contribution in [0.25, 0.3) is 0 Å². The number of carbonyl (C=O) groups is 1. The largest absolute Gasteiger partial charge is 0.397 e. The standard InChI is InChI=1S/C11H15N3O3S/c12-10-7-13-4-1-9(10)11(15)14-8-2-5-18(16,17)6-3-8/h1,4,7-8H,2-3,5-6,12H2,(H,14,15). The number of carbonyl (C=O) groups excluding carboxylic acids is 1. The van der Waals surface area contributed by atoms with Crippen molar-refractivity contribution in [2.45, 2.75) is 18.9 Å². The summed E-state index contributed by atoms with van der Waals surface area (Å²) in [5.74, 6) is -0.0210. The van der Waals surface area contributed by atoms with Crippen molar-refractivity contribution in [3.63, 3.8) is 0 Å². The molecule has 1 aromatic rings. The molecule has 2 rings (SSSR count). The molecule has 0 atom stereocenters. The summed E-state index contributed by atoms with van der Waals surface area (Å²) in [5.41, 5.74) is 6.34. The van der Waals surface area contributed by atoms with E-state index < -0.39 is 9.84 Å². The number of sulfone groups is 1. The number of anilines is 1. The van der Waals surface area contributed by atoms with Crippen LogP contribution in [0.4, 0.5) is 5.69 Å². The van der Waals surface area contributed by atoms with Gasteiger partial charge >= 0.3 is 0 Å². The van der Waals surface area contributed by atoms with E-state index in [9.17, 15) is 13.2 Å². The fourth-order valence-electron chi connectivity index (χ4n) is 1.91. The predicted octanol–water partition coefficient (Wildman–Crippen LogP) is -0.0292. The Morgan fingerprint density at radius 2 is 2.06 bits per heavy atom. The SMILES string of the molecule is Nc1cnccc1C(=O)NC1CCS(=O)(=O)CC1. The third-order valence-corrected chi connectivity index (χ3v) is 4.70. The van der Waals surface area contributed by atoms with E-state index in [0.29, 0.717) is 24.1 Å². The van der Waals surface area contributed by atoms with E-state index in [1.807, 2.05) is 0 Å². The Kier molecular flexibility index (Phi) is 3.51. The van der Waals surface area contributed by atoms with Gasteiger partial charge in [0.05, 0.1) is 29.0 Å².